The summed E-state index contributed by atoms with van der Waals surface area (Å²) < 4.78 is 4.83. The minimum absolute atomic E-state index is 0.0303. The van der Waals surface area contributed by atoms with Gasteiger partial charge in [-0.1, -0.05) is 41.9 Å². The molecule has 0 atom stereocenters. The zero-order valence-electron chi connectivity index (χ0n) is 21.3. The Bertz CT molecular complexity index is 1520. The molecule has 2 amide bonds. The summed E-state index contributed by atoms with van der Waals surface area (Å²) >= 11 is 6.35. The van der Waals surface area contributed by atoms with E-state index in [0.29, 0.717) is 22.1 Å². The number of hydrogen-bond acceptors (Lipinski definition) is 6. The number of aryl methyl sites for hydroxylation is 1. The van der Waals surface area contributed by atoms with E-state index in [1.807, 2.05) is 49.4 Å². The summed E-state index contributed by atoms with van der Waals surface area (Å²) in [4.78, 5) is 36.9. The molecule has 3 aromatic carbocycles. The molecule has 0 unspecified atom stereocenters. The van der Waals surface area contributed by atoms with Gasteiger partial charge in [0.1, 0.15) is 12.4 Å². The van der Waals surface area contributed by atoms with Crippen LogP contribution in [-0.2, 0) is 16.1 Å². The van der Waals surface area contributed by atoms with Crippen molar-refractivity contribution in [2.45, 2.75) is 19.9 Å². The van der Waals surface area contributed by atoms with Crippen molar-refractivity contribution in [2.24, 2.45) is 0 Å². The molecule has 0 bridgehead atoms. The van der Waals surface area contributed by atoms with Gasteiger partial charge >= 0.3 is 0 Å². The number of benzene rings is 3. The van der Waals surface area contributed by atoms with Crippen LogP contribution in [-0.4, -0.2) is 48.6 Å². The Morgan fingerprint density at radius 1 is 1.05 bits per heavy atom. The van der Waals surface area contributed by atoms with Gasteiger partial charge in [0.15, 0.2) is 5.82 Å². The lowest BCUT2D eigenvalue weighted by Gasteiger charge is -2.33. The van der Waals surface area contributed by atoms with Crippen molar-refractivity contribution in [1.82, 2.24) is 15.3 Å². The topological polar surface area (TPSA) is 96.4 Å². The number of nitrogens with zero attached hydrogens (tertiary/aromatic N) is 3. The maximum Gasteiger partial charge on any atom is 0.257 e. The second-order valence-corrected chi connectivity index (χ2v) is 9.64. The molecule has 1 saturated heterocycles. The SMILES string of the molecule is COCC(=O)NCc1ccc(Cl)c(C(=O)Nc2ccc3c(N4CCC4)nc(-c4ccccc4C)nc3c2)c1. The smallest absolute Gasteiger partial charge is 0.257 e. The Labute approximate surface area is 226 Å². The molecule has 8 nitrogen and oxygen atoms in total. The summed E-state index contributed by atoms with van der Waals surface area (Å²) in [5.41, 5.74) is 4.48. The second kappa shape index (κ2) is 11.2. The van der Waals surface area contributed by atoms with Crippen molar-refractivity contribution >= 4 is 45.8 Å². The second-order valence-electron chi connectivity index (χ2n) is 9.24. The molecule has 194 valence electrons. The van der Waals surface area contributed by atoms with Gasteiger partial charge in [-0.2, -0.15) is 0 Å². The third-order valence-electron chi connectivity index (χ3n) is 6.52. The van der Waals surface area contributed by atoms with Crippen LogP contribution in [0.3, 0.4) is 0 Å². The number of ether oxygens (including phenoxy) is 1. The zero-order chi connectivity index (χ0) is 26.6. The van der Waals surface area contributed by atoms with Crippen LogP contribution in [0.4, 0.5) is 11.5 Å². The molecule has 4 aromatic rings. The maximum atomic E-state index is 13.2. The van der Waals surface area contributed by atoms with E-state index in [9.17, 15) is 9.59 Å². The Morgan fingerprint density at radius 2 is 1.87 bits per heavy atom. The molecule has 0 radical (unpaired) electrons. The number of fused-ring (bicyclic) bond motifs is 1. The van der Waals surface area contributed by atoms with Gasteiger partial charge < -0.3 is 20.3 Å². The summed E-state index contributed by atoms with van der Waals surface area (Å²) in [5.74, 6) is 0.973. The molecule has 1 aromatic heterocycles. The molecule has 2 N–H and O–H groups in total. The van der Waals surface area contributed by atoms with Crippen molar-refractivity contribution in [3.63, 3.8) is 0 Å². The van der Waals surface area contributed by atoms with E-state index in [1.54, 1.807) is 18.2 Å². The first kappa shape index (κ1) is 25.6. The number of anilines is 2. The van der Waals surface area contributed by atoms with Crippen LogP contribution in [0.25, 0.3) is 22.3 Å². The Balaban J connectivity index is 1.44. The predicted octanol–water partition coefficient (Wildman–Crippen LogP) is 4.98. The van der Waals surface area contributed by atoms with Crippen LogP contribution >= 0.6 is 11.6 Å². The number of nitrogens with one attached hydrogen (secondary N) is 2. The Morgan fingerprint density at radius 3 is 2.61 bits per heavy atom. The number of rotatable bonds is 8. The van der Waals surface area contributed by atoms with Crippen LogP contribution in [0.5, 0.6) is 0 Å². The third kappa shape index (κ3) is 5.46. The highest BCUT2D eigenvalue weighted by Gasteiger charge is 2.21. The summed E-state index contributed by atoms with van der Waals surface area (Å²) in [5, 5.41) is 6.95. The fraction of sp³-hybridized carbons (Fsp3) is 0.241. The van der Waals surface area contributed by atoms with E-state index < -0.39 is 0 Å². The van der Waals surface area contributed by atoms with E-state index in [1.165, 1.54) is 7.11 Å². The fourth-order valence-electron chi connectivity index (χ4n) is 4.34. The van der Waals surface area contributed by atoms with E-state index in [0.717, 1.165) is 52.9 Å². The van der Waals surface area contributed by atoms with Crippen molar-refractivity contribution in [2.75, 3.05) is 37.0 Å². The minimum Gasteiger partial charge on any atom is -0.375 e. The number of halogens is 1. The molecular weight excluding hydrogens is 502 g/mol. The van der Waals surface area contributed by atoms with E-state index in [4.69, 9.17) is 26.3 Å². The Kier molecular flexibility index (Phi) is 7.53. The number of carbonyl (C=O) groups excluding carboxylic acids is 2. The largest absolute Gasteiger partial charge is 0.375 e. The molecule has 0 spiro atoms. The van der Waals surface area contributed by atoms with E-state index in [2.05, 4.69) is 15.5 Å². The van der Waals surface area contributed by atoms with Crippen LogP contribution in [0.1, 0.15) is 27.9 Å². The fourth-order valence-corrected chi connectivity index (χ4v) is 4.54. The quantitative estimate of drug-likeness (QED) is 0.334. The molecule has 2 heterocycles. The molecule has 38 heavy (non-hydrogen) atoms. The first-order valence-electron chi connectivity index (χ1n) is 12.4. The highest BCUT2D eigenvalue weighted by molar-refractivity contribution is 6.34. The van der Waals surface area contributed by atoms with Crippen molar-refractivity contribution in [1.29, 1.82) is 0 Å². The summed E-state index contributed by atoms with van der Waals surface area (Å²) in [6.07, 6.45) is 1.13. The monoisotopic (exact) mass is 529 g/mol. The van der Waals surface area contributed by atoms with Gasteiger partial charge in [-0.3, -0.25) is 9.59 Å². The van der Waals surface area contributed by atoms with Gasteiger partial charge in [-0.25, -0.2) is 9.97 Å². The number of methoxy groups -OCH3 is 1. The number of aromatic nitrogens is 2. The van der Waals surface area contributed by atoms with Gasteiger partial charge in [0.05, 0.1) is 16.1 Å². The van der Waals surface area contributed by atoms with Crippen LogP contribution in [0.2, 0.25) is 5.02 Å². The summed E-state index contributed by atoms with van der Waals surface area (Å²) in [6, 6.07) is 18.8. The van der Waals surface area contributed by atoms with Crippen molar-refractivity contribution in [3.8, 4) is 11.4 Å². The van der Waals surface area contributed by atoms with Gasteiger partial charge in [0, 0.05) is 43.4 Å². The lowest BCUT2D eigenvalue weighted by atomic mass is 10.1. The maximum absolute atomic E-state index is 13.2. The highest BCUT2D eigenvalue weighted by atomic mass is 35.5. The van der Waals surface area contributed by atoms with Crippen molar-refractivity contribution in [3.05, 3.63) is 82.4 Å². The summed E-state index contributed by atoms with van der Waals surface area (Å²) in [6.45, 7) is 4.19. The average molecular weight is 530 g/mol. The van der Waals surface area contributed by atoms with E-state index >= 15 is 0 Å². The number of hydrogen-bond donors (Lipinski definition) is 2. The standard InChI is InChI=1S/C29H28ClN5O3/c1-18-6-3-4-7-21(18)27-33-25-15-20(9-10-22(25)28(34-27)35-12-5-13-35)32-29(37)23-14-19(8-11-24(23)30)16-31-26(36)17-38-2/h3-4,6-11,14-15H,5,12-13,16-17H2,1-2H3,(H,31,36)(H,32,37). The van der Waals surface area contributed by atoms with Gasteiger partial charge in [-0.15, -0.1) is 0 Å². The zero-order valence-corrected chi connectivity index (χ0v) is 22.0. The normalized spacial score (nSPS) is 12.8. The molecule has 1 aliphatic rings. The lowest BCUT2D eigenvalue weighted by molar-refractivity contribution is -0.124. The Hall–Kier alpha value is -4.01. The molecule has 5 rings (SSSR count). The first-order valence-corrected chi connectivity index (χ1v) is 12.8. The van der Waals surface area contributed by atoms with Crippen LogP contribution in [0, 0.1) is 6.92 Å². The molecule has 0 aliphatic carbocycles. The van der Waals surface area contributed by atoms with Gasteiger partial charge in [0.25, 0.3) is 5.91 Å². The van der Waals surface area contributed by atoms with Crippen LogP contribution < -0.4 is 15.5 Å². The predicted molar refractivity (Wildman–Crippen MR) is 150 cm³/mol. The molecule has 0 saturated carbocycles. The molecule has 1 fully saturated rings. The molecule has 9 heteroatoms. The van der Waals surface area contributed by atoms with Crippen molar-refractivity contribution < 1.29 is 14.3 Å². The highest BCUT2D eigenvalue weighted by Crippen LogP contribution is 2.32. The molecule has 1 aliphatic heterocycles. The third-order valence-corrected chi connectivity index (χ3v) is 6.85. The first-order chi connectivity index (χ1) is 18.4. The van der Waals surface area contributed by atoms with Gasteiger partial charge in [0.2, 0.25) is 5.91 Å². The van der Waals surface area contributed by atoms with Crippen LogP contribution in [0.15, 0.2) is 60.7 Å². The lowest BCUT2D eigenvalue weighted by Crippen LogP contribution is -2.37. The summed E-state index contributed by atoms with van der Waals surface area (Å²) in [7, 11) is 1.46. The number of amides is 2. The van der Waals surface area contributed by atoms with Gasteiger partial charge in [-0.05, 0) is 54.8 Å². The average Bonchev–Trinajstić information content (AvgIpc) is 2.87. The minimum atomic E-state index is -0.351. The van der Waals surface area contributed by atoms with E-state index in [-0.39, 0.29) is 25.0 Å². The molecular formula is C29H28ClN5O3. The number of carbonyl (C=O) groups is 2.